The van der Waals surface area contributed by atoms with Gasteiger partial charge in [0.1, 0.15) is 11.5 Å². The fraction of sp³-hybridized carbons (Fsp3) is 0.381. The molecule has 2 aromatic rings. The SMILES string of the molecule is CC.CC.CC.COc1ccc(C#N)cc1.COc1ccccc1. The van der Waals surface area contributed by atoms with Gasteiger partial charge < -0.3 is 9.47 Å². The number of hydrogen-bond acceptors (Lipinski definition) is 3. The van der Waals surface area contributed by atoms with Crippen LogP contribution < -0.4 is 9.47 Å². The molecule has 0 saturated carbocycles. The average molecular weight is 332 g/mol. The van der Waals surface area contributed by atoms with Crippen molar-refractivity contribution in [3.63, 3.8) is 0 Å². The van der Waals surface area contributed by atoms with E-state index in [-0.39, 0.29) is 0 Å². The van der Waals surface area contributed by atoms with Crippen molar-refractivity contribution in [1.29, 1.82) is 5.26 Å². The molecule has 3 heteroatoms. The van der Waals surface area contributed by atoms with E-state index in [2.05, 4.69) is 0 Å². The summed E-state index contributed by atoms with van der Waals surface area (Å²) >= 11 is 0. The minimum atomic E-state index is 0.654. The van der Waals surface area contributed by atoms with Gasteiger partial charge in [-0.05, 0) is 36.4 Å². The van der Waals surface area contributed by atoms with Gasteiger partial charge in [-0.2, -0.15) is 5.26 Å². The number of benzene rings is 2. The molecule has 0 aromatic heterocycles. The molecular formula is C21H33NO2. The van der Waals surface area contributed by atoms with Gasteiger partial charge in [0, 0.05) is 0 Å². The number of nitrogens with zero attached hydrogens (tertiary/aromatic N) is 1. The molecule has 24 heavy (non-hydrogen) atoms. The maximum Gasteiger partial charge on any atom is 0.118 e. The molecule has 0 N–H and O–H groups in total. The summed E-state index contributed by atoms with van der Waals surface area (Å²) in [6.07, 6.45) is 0. The van der Waals surface area contributed by atoms with E-state index in [9.17, 15) is 0 Å². The van der Waals surface area contributed by atoms with E-state index in [4.69, 9.17) is 14.7 Å². The summed E-state index contributed by atoms with van der Waals surface area (Å²) < 4.78 is 9.82. The summed E-state index contributed by atoms with van der Waals surface area (Å²) in [7, 11) is 3.26. The smallest absolute Gasteiger partial charge is 0.118 e. The van der Waals surface area contributed by atoms with E-state index in [1.807, 2.05) is 77.9 Å². The Morgan fingerprint density at radius 3 is 1.29 bits per heavy atom. The van der Waals surface area contributed by atoms with Crippen LogP contribution >= 0.6 is 0 Å². The molecule has 0 saturated heterocycles. The van der Waals surface area contributed by atoms with Gasteiger partial charge in [-0.25, -0.2) is 0 Å². The molecular weight excluding hydrogens is 298 g/mol. The first-order valence-electron chi connectivity index (χ1n) is 8.43. The zero-order valence-electron chi connectivity index (χ0n) is 16.5. The van der Waals surface area contributed by atoms with Crippen LogP contribution in [0.1, 0.15) is 47.1 Å². The zero-order chi connectivity index (χ0) is 19.2. The Bertz CT molecular complexity index is 487. The van der Waals surface area contributed by atoms with Gasteiger partial charge in [-0.1, -0.05) is 59.7 Å². The summed E-state index contributed by atoms with van der Waals surface area (Å²) in [6.45, 7) is 12.0. The van der Waals surface area contributed by atoms with E-state index in [0.717, 1.165) is 11.5 Å². The van der Waals surface area contributed by atoms with Crippen molar-refractivity contribution in [2.75, 3.05) is 14.2 Å². The predicted octanol–water partition coefficient (Wildman–Crippen LogP) is 6.34. The average Bonchev–Trinajstić information content (AvgIpc) is 2.73. The standard InChI is InChI=1S/C8H7NO.C7H8O.3C2H6/c1-10-8-4-2-7(6-9)3-5-8;1-8-7-5-3-2-4-6-7;3*1-2/h2-5H,1H3;2-6H,1H3;3*1-2H3. The first-order chi connectivity index (χ1) is 11.8. The number of nitriles is 1. The van der Waals surface area contributed by atoms with Crippen LogP contribution in [0.25, 0.3) is 0 Å². The van der Waals surface area contributed by atoms with E-state index in [0.29, 0.717) is 5.56 Å². The Labute approximate surface area is 148 Å². The normalized spacial score (nSPS) is 7.12. The molecule has 2 aromatic carbocycles. The van der Waals surface area contributed by atoms with E-state index >= 15 is 0 Å². The molecule has 0 heterocycles. The van der Waals surface area contributed by atoms with E-state index < -0.39 is 0 Å². The van der Waals surface area contributed by atoms with Gasteiger partial charge in [-0.15, -0.1) is 0 Å². The molecule has 0 radical (unpaired) electrons. The Balaban J connectivity index is -0.000000284. The lowest BCUT2D eigenvalue weighted by molar-refractivity contribution is 0.414. The topological polar surface area (TPSA) is 42.2 Å². The second-order valence-corrected chi connectivity index (χ2v) is 3.36. The molecule has 0 fully saturated rings. The van der Waals surface area contributed by atoms with Crippen LogP contribution in [0.3, 0.4) is 0 Å². The first kappa shape index (κ1) is 26.4. The van der Waals surface area contributed by atoms with Crippen LogP contribution in [0.15, 0.2) is 54.6 Å². The van der Waals surface area contributed by atoms with Crippen LogP contribution in [-0.4, -0.2) is 14.2 Å². The maximum atomic E-state index is 8.41. The van der Waals surface area contributed by atoms with Crippen molar-refractivity contribution in [2.45, 2.75) is 41.5 Å². The summed E-state index contributed by atoms with van der Waals surface area (Å²) in [6, 6.07) is 18.7. The molecule has 0 aliphatic rings. The Kier molecular flexibility index (Phi) is 25.1. The highest BCUT2D eigenvalue weighted by atomic mass is 16.5. The van der Waals surface area contributed by atoms with Crippen LogP contribution in [0.5, 0.6) is 11.5 Å². The van der Waals surface area contributed by atoms with Crippen molar-refractivity contribution in [3.05, 3.63) is 60.2 Å². The maximum absolute atomic E-state index is 8.41. The lowest BCUT2D eigenvalue weighted by Crippen LogP contribution is -1.81. The van der Waals surface area contributed by atoms with E-state index in [1.165, 1.54) is 0 Å². The number of methoxy groups -OCH3 is 2. The fourth-order valence-electron chi connectivity index (χ4n) is 1.22. The third-order valence-corrected chi connectivity index (χ3v) is 2.20. The van der Waals surface area contributed by atoms with Crippen molar-refractivity contribution in [3.8, 4) is 17.6 Å². The van der Waals surface area contributed by atoms with Gasteiger partial charge in [0.2, 0.25) is 0 Å². The van der Waals surface area contributed by atoms with Gasteiger partial charge in [0.15, 0.2) is 0 Å². The van der Waals surface area contributed by atoms with Crippen molar-refractivity contribution in [2.24, 2.45) is 0 Å². The minimum Gasteiger partial charge on any atom is -0.497 e. The lowest BCUT2D eigenvalue weighted by atomic mass is 10.2. The van der Waals surface area contributed by atoms with Gasteiger partial charge in [-0.3, -0.25) is 0 Å². The molecule has 0 aliphatic carbocycles. The van der Waals surface area contributed by atoms with Crippen LogP contribution in [0.2, 0.25) is 0 Å². The van der Waals surface area contributed by atoms with Crippen LogP contribution in [0.4, 0.5) is 0 Å². The van der Waals surface area contributed by atoms with Gasteiger partial charge in [0.05, 0.1) is 25.9 Å². The second-order valence-electron chi connectivity index (χ2n) is 3.36. The van der Waals surface area contributed by atoms with Crippen LogP contribution in [-0.2, 0) is 0 Å². The second kappa shape index (κ2) is 22.8. The van der Waals surface area contributed by atoms with E-state index in [1.54, 1.807) is 38.5 Å². The largest absolute Gasteiger partial charge is 0.497 e. The summed E-state index contributed by atoms with van der Waals surface area (Å²) in [5.41, 5.74) is 0.654. The van der Waals surface area contributed by atoms with Gasteiger partial charge >= 0.3 is 0 Å². The van der Waals surface area contributed by atoms with Crippen LogP contribution in [0, 0.1) is 11.3 Å². The third-order valence-electron chi connectivity index (χ3n) is 2.20. The molecule has 0 unspecified atom stereocenters. The highest BCUT2D eigenvalue weighted by Gasteiger charge is 1.89. The van der Waals surface area contributed by atoms with Crippen molar-refractivity contribution in [1.82, 2.24) is 0 Å². The Hall–Kier alpha value is -2.47. The third kappa shape index (κ3) is 14.5. The van der Waals surface area contributed by atoms with Crippen molar-refractivity contribution >= 4 is 0 Å². The molecule has 0 bridgehead atoms. The summed E-state index contributed by atoms with van der Waals surface area (Å²) in [5.74, 6) is 1.69. The molecule has 0 spiro atoms. The Morgan fingerprint density at radius 2 is 1.00 bits per heavy atom. The molecule has 2 rings (SSSR count). The number of ether oxygens (including phenoxy) is 2. The molecule has 0 aliphatic heterocycles. The summed E-state index contributed by atoms with van der Waals surface area (Å²) in [4.78, 5) is 0. The molecule has 134 valence electrons. The minimum absolute atomic E-state index is 0.654. The highest BCUT2D eigenvalue weighted by Crippen LogP contribution is 2.09. The highest BCUT2D eigenvalue weighted by molar-refractivity contribution is 5.34. The summed E-state index contributed by atoms with van der Waals surface area (Å²) in [5, 5.41) is 8.41. The molecule has 3 nitrogen and oxygen atoms in total. The van der Waals surface area contributed by atoms with Crippen molar-refractivity contribution < 1.29 is 9.47 Å². The number of rotatable bonds is 2. The first-order valence-corrected chi connectivity index (χ1v) is 8.43. The zero-order valence-corrected chi connectivity index (χ0v) is 16.5. The predicted molar refractivity (Wildman–Crippen MR) is 105 cm³/mol. The quantitative estimate of drug-likeness (QED) is 0.644. The molecule has 0 amide bonds. The lowest BCUT2D eigenvalue weighted by Gasteiger charge is -1.96. The number of hydrogen-bond donors (Lipinski definition) is 0. The molecule has 0 atom stereocenters. The monoisotopic (exact) mass is 331 g/mol. The van der Waals surface area contributed by atoms with Gasteiger partial charge in [0.25, 0.3) is 0 Å². The number of para-hydroxylation sites is 1. The Morgan fingerprint density at radius 1 is 0.625 bits per heavy atom. The fourth-order valence-corrected chi connectivity index (χ4v) is 1.22.